The van der Waals surface area contributed by atoms with Crippen LogP contribution in [0.1, 0.15) is 29.6 Å². The number of hydrogen-bond donors (Lipinski definition) is 1. The van der Waals surface area contributed by atoms with Crippen LogP contribution in [0.15, 0.2) is 24.5 Å². The molecule has 4 heteroatoms. The van der Waals surface area contributed by atoms with Gasteiger partial charge in [-0.2, -0.15) is 0 Å². The molecule has 0 aliphatic heterocycles. The Hall–Kier alpha value is -1.42. The van der Waals surface area contributed by atoms with Gasteiger partial charge >= 0.3 is 0 Å². The van der Waals surface area contributed by atoms with Crippen molar-refractivity contribution in [2.24, 2.45) is 5.73 Å². The number of hydrogen-bond acceptors (Lipinski definition) is 3. The molecule has 0 spiro atoms. The monoisotopic (exact) mass is 219 g/mol. The summed E-state index contributed by atoms with van der Waals surface area (Å²) in [7, 11) is 0. The van der Waals surface area contributed by atoms with Gasteiger partial charge in [-0.05, 0) is 31.4 Å². The van der Waals surface area contributed by atoms with Crippen LogP contribution in [0.3, 0.4) is 0 Å². The number of aromatic nitrogens is 1. The van der Waals surface area contributed by atoms with Gasteiger partial charge in [-0.15, -0.1) is 0 Å². The first kappa shape index (κ1) is 11.1. The smallest absolute Gasteiger partial charge is 0.255 e. The molecule has 2 rings (SSSR count). The minimum Gasteiger partial charge on any atom is -0.334 e. The number of nitrogens with two attached hydrogens (primary N) is 1. The van der Waals surface area contributed by atoms with E-state index in [0.29, 0.717) is 24.7 Å². The Labute approximate surface area is 95.5 Å². The van der Waals surface area contributed by atoms with Crippen LogP contribution in [0.2, 0.25) is 0 Å². The topological polar surface area (TPSA) is 59.2 Å². The third-order valence-corrected chi connectivity index (χ3v) is 3.05. The lowest BCUT2D eigenvalue weighted by molar-refractivity contribution is 0.0588. The fraction of sp³-hybridized carbons (Fsp3) is 0.500. The van der Waals surface area contributed by atoms with Crippen LogP contribution >= 0.6 is 0 Å². The van der Waals surface area contributed by atoms with Crippen LogP contribution in [0.5, 0.6) is 0 Å². The molecule has 0 radical (unpaired) electrons. The van der Waals surface area contributed by atoms with Crippen molar-refractivity contribution in [3.63, 3.8) is 0 Å². The number of amides is 1. The highest BCUT2D eigenvalue weighted by molar-refractivity contribution is 5.94. The highest BCUT2D eigenvalue weighted by Crippen LogP contribution is 2.25. The summed E-state index contributed by atoms with van der Waals surface area (Å²) in [4.78, 5) is 18.1. The lowest BCUT2D eigenvalue weighted by atomic mass is 9.91. The Morgan fingerprint density at radius 3 is 2.88 bits per heavy atom. The molecular formula is C12H17N3O. The van der Waals surface area contributed by atoms with Gasteiger partial charge in [0.15, 0.2) is 0 Å². The molecule has 0 unspecified atom stereocenters. The summed E-state index contributed by atoms with van der Waals surface area (Å²) < 4.78 is 0. The van der Waals surface area contributed by atoms with E-state index in [4.69, 9.17) is 5.73 Å². The lowest BCUT2D eigenvalue weighted by Crippen LogP contribution is -2.46. The van der Waals surface area contributed by atoms with E-state index in [1.807, 2.05) is 4.90 Å². The number of rotatable bonds is 4. The molecule has 0 aromatic carbocycles. The number of carbonyl (C=O) groups excluding carboxylic acids is 1. The zero-order chi connectivity index (χ0) is 11.4. The summed E-state index contributed by atoms with van der Waals surface area (Å²) in [6, 6.07) is 3.97. The number of pyridine rings is 1. The summed E-state index contributed by atoms with van der Waals surface area (Å²) in [5.74, 6) is 0.0586. The van der Waals surface area contributed by atoms with Crippen molar-refractivity contribution in [3.05, 3.63) is 30.1 Å². The highest BCUT2D eigenvalue weighted by Gasteiger charge is 2.28. The first-order valence-corrected chi connectivity index (χ1v) is 5.74. The molecule has 16 heavy (non-hydrogen) atoms. The summed E-state index contributed by atoms with van der Waals surface area (Å²) in [6.45, 7) is 1.15. The third-order valence-electron chi connectivity index (χ3n) is 3.05. The maximum Gasteiger partial charge on any atom is 0.255 e. The molecule has 1 aliphatic rings. The highest BCUT2D eigenvalue weighted by atomic mass is 16.2. The minimum absolute atomic E-state index is 0.0586. The number of nitrogens with zero attached hydrogens (tertiary/aromatic N) is 2. The average Bonchev–Trinajstić information content (AvgIpc) is 2.26. The van der Waals surface area contributed by atoms with Crippen LogP contribution in [0.4, 0.5) is 0 Å². The molecule has 0 bridgehead atoms. The van der Waals surface area contributed by atoms with Gasteiger partial charge in [0, 0.05) is 31.5 Å². The van der Waals surface area contributed by atoms with Gasteiger partial charge in [-0.25, -0.2) is 0 Å². The summed E-state index contributed by atoms with van der Waals surface area (Å²) in [6.07, 6.45) is 6.71. The van der Waals surface area contributed by atoms with E-state index in [0.717, 1.165) is 12.8 Å². The quantitative estimate of drug-likeness (QED) is 0.823. The zero-order valence-corrected chi connectivity index (χ0v) is 9.30. The summed E-state index contributed by atoms with van der Waals surface area (Å²) >= 11 is 0. The van der Waals surface area contributed by atoms with Gasteiger partial charge in [0.1, 0.15) is 0 Å². The van der Waals surface area contributed by atoms with Crippen molar-refractivity contribution in [2.75, 3.05) is 13.1 Å². The van der Waals surface area contributed by atoms with E-state index in [1.54, 1.807) is 24.5 Å². The Kier molecular flexibility index (Phi) is 3.51. The molecule has 86 valence electrons. The second-order valence-electron chi connectivity index (χ2n) is 4.11. The first-order valence-electron chi connectivity index (χ1n) is 5.74. The van der Waals surface area contributed by atoms with Crippen LogP contribution in [0, 0.1) is 0 Å². The molecule has 2 N–H and O–H groups in total. The van der Waals surface area contributed by atoms with Crippen molar-refractivity contribution in [3.8, 4) is 0 Å². The second kappa shape index (κ2) is 5.07. The van der Waals surface area contributed by atoms with Gasteiger partial charge in [0.2, 0.25) is 0 Å². The molecule has 0 atom stereocenters. The Bertz CT molecular complexity index is 349. The molecule has 1 amide bonds. The minimum atomic E-state index is 0.0586. The van der Waals surface area contributed by atoms with Gasteiger partial charge in [0.05, 0.1) is 5.56 Å². The van der Waals surface area contributed by atoms with Gasteiger partial charge in [-0.1, -0.05) is 0 Å². The first-order chi connectivity index (χ1) is 7.83. The van der Waals surface area contributed by atoms with Crippen molar-refractivity contribution in [1.29, 1.82) is 0 Å². The third kappa shape index (κ3) is 2.22. The van der Waals surface area contributed by atoms with Crippen molar-refractivity contribution >= 4 is 5.91 Å². The molecular weight excluding hydrogens is 202 g/mol. The maximum atomic E-state index is 12.2. The fourth-order valence-corrected chi connectivity index (χ4v) is 1.94. The van der Waals surface area contributed by atoms with Gasteiger partial charge in [-0.3, -0.25) is 9.78 Å². The van der Waals surface area contributed by atoms with Crippen LogP contribution in [0.25, 0.3) is 0 Å². The van der Waals surface area contributed by atoms with Crippen molar-refractivity contribution in [1.82, 2.24) is 9.88 Å². The molecule has 1 aromatic heterocycles. The molecule has 1 aliphatic carbocycles. The van der Waals surface area contributed by atoms with Gasteiger partial charge < -0.3 is 10.6 Å². The summed E-state index contributed by atoms with van der Waals surface area (Å²) in [5.41, 5.74) is 6.21. The van der Waals surface area contributed by atoms with E-state index in [2.05, 4.69) is 4.98 Å². The van der Waals surface area contributed by atoms with Crippen LogP contribution < -0.4 is 5.73 Å². The normalized spacial score (nSPS) is 15.6. The van der Waals surface area contributed by atoms with Crippen molar-refractivity contribution in [2.45, 2.75) is 25.3 Å². The Morgan fingerprint density at radius 2 is 2.38 bits per heavy atom. The van der Waals surface area contributed by atoms with E-state index < -0.39 is 0 Å². The Morgan fingerprint density at radius 1 is 1.56 bits per heavy atom. The van der Waals surface area contributed by atoms with E-state index in [1.165, 1.54) is 6.42 Å². The van der Waals surface area contributed by atoms with E-state index in [9.17, 15) is 4.79 Å². The van der Waals surface area contributed by atoms with Crippen molar-refractivity contribution < 1.29 is 4.79 Å². The lowest BCUT2D eigenvalue weighted by Gasteiger charge is -2.37. The SMILES string of the molecule is NCCN(C(=O)c1cccnc1)C1CCC1. The molecule has 4 nitrogen and oxygen atoms in total. The van der Waals surface area contributed by atoms with Crippen LogP contribution in [-0.2, 0) is 0 Å². The maximum absolute atomic E-state index is 12.2. The largest absolute Gasteiger partial charge is 0.334 e. The predicted octanol–water partition coefficient (Wildman–Crippen LogP) is 1.03. The zero-order valence-electron chi connectivity index (χ0n) is 9.30. The predicted molar refractivity (Wildman–Crippen MR) is 62.0 cm³/mol. The van der Waals surface area contributed by atoms with Crippen LogP contribution in [-0.4, -0.2) is 34.9 Å². The van der Waals surface area contributed by atoms with Gasteiger partial charge in [0.25, 0.3) is 5.91 Å². The number of carbonyl (C=O) groups is 1. The molecule has 1 fully saturated rings. The molecule has 1 heterocycles. The fourth-order valence-electron chi connectivity index (χ4n) is 1.94. The second-order valence-corrected chi connectivity index (χ2v) is 4.11. The molecule has 1 saturated carbocycles. The standard InChI is InChI=1S/C12H17N3O/c13-6-8-15(11-4-1-5-11)12(16)10-3-2-7-14-9-10/h2-3,7,9,11H,1,4-6,8,13H2. The molecule has 1 aromatic rings. The average molecular weight is 219 g/mol. The molecule has 0 saturated heterocycles. The Balaban J connectivity index is 2.10. The van der Waals surface area contributed by atoms with E-state index >= 15 is 0 Å². The van der Waals surface area contributed by atoms with E-state index in [-0.39, 0.29) is 5.91 Å². The summed E-state index contributed by atoms with van der Waals surface area (Å²) in [5, 5.41) is 0.